The number of ether oxygens (including phenoxy) is 1. The molecule has 0 saturated carbocycles. The molecule has 1 aromatic rings. The Bertz CT molecular complexity index is 577. The number of alkyl halides is 3. The molecule has 21 heavy (non-hydrogen) atoms. The Morgan fingerprint density at radius 1 is 1.33 bits per heavy atom. The first-order valence-corrected chi connectivity index (χ1v) is 7.84. The Balaban J connectivity index is 2.84. The minimum atomic E-state index is -4.83. The van der Waals surface area contributed by atoms with Gasteiger partial charge in [-0.25, -0.2) is 13.1 Å². The van der Waals surface area contributed by atoms with Crippen molar-refractivity contribution in [3.63, 3.8) is 0 Å². The van der Waals surface area contributed by atoms with Crippen LogP contribution in [0.25, 0.3) is 0 Å². The first-order chi connectivity index (χ1) is 9.59. The van der Waals surface area contributed by atoms with E-state index < -0.39 is 27.6 Å². The second-order valence-corrected chi connectivity index (χ2v) is 6.82. The second kappa shape index (κ2) is 6.95. The van der Waals surface area contributed by atoms with Gasteiger partial charge < -0.3 is 4.74 Å². The number of hydrogen-bond acceptors (Lipinski definition) is 3. The highest BCUT2D eigenvalue weighted by atomic mass is 35.5. The average Bonchev–Trinajstić information content (AvgIpc) is 2.39. The van der Waals surface area contributed by atoms with E-state index in [9.17, 15) is 21.6 Å². The lowest BCUT2D eigenvalue weighted by Crippen LogP contribution is -2.43. The van der Waals surface area contributed by atoms with Crippen LogP contribution in [0.2, 0.25) is 5.02 Å². The normalized spacial score (nSPS) is 15.7. The lowest BCUT2D eigenvalue weighted by Gasteiger charge is -2.21. The highest BCUT2D eigenvalue weighted by Gasteiger charge is 2.45. The van der Waals surface area contributed by atoms with E-state index in [2.05, 4.69) is 0 Å². The van der Waals surface area contributed by atoms with Gasteiger partial charge in [-0.15, -0.1) is 0 Å². The Hall–Kier alpha value is -0.830. The van der Waals surface area contributed by atoms with Crippen molar-refractivity contribution in [2.24, 2.45) is 0 Å². The van der Waals surface area contributed by atoms with Crippen LogP contribution in [-0.4, -0.2) is 33.5 Å². The fraction of sp³-hybridized carbons (Fsp3) is 0.500. The van der Waals surface area contributed by atoms with E-state index in [1.54, 1.807) is 24.3 Å². The number of methoxy groups -OCH3 is 1. The van der Waals surface area contributed by atoms with Gasteiger partial charge in [0.15, 0.2) is 5.25 Å². The van der Waals surface area contributed by atoms with Crippen LogP contribution in [0, 0.1) is 0 Å². The molecule has 0 saturated heterocycles. The van der Waals surface area contributed by atoms with Crippen LogP contribution in [-0.2, 0) is 14.8 Å². The van der Waals surface area contributed by atoms with Gasteiger partial charge in [-0.2, -0.15) is 13.2 Å². The van der Waals surface area contributed by atoms with E-state index >= 15 is 0 Å². The van der Waals surface area contributed by atoms with Crippen molar-refractivity contribution < 1.29 is 26.3 Å². The number of halogens is 4. The van der Waals surface area contributed by atoms with E-state index in [-0.39, 0.29) is 6.54 Å². The second-order valence-electron chi connectivity index (χ2n) is 4.32. The zero-order chi connectivity index (χ0) is 16.3. The zero-order valence-corrected chi connectivity index (χ0v) is 12.9. The highest BCUT2D eigenvalue weighted by Crippen LogP contribution is 2.27. The SMILES string of the molecule is COC(CNS(=O)(=O)C(C)C(F)(F)F)c1ccccc1Cl. The fourth-order valence-electron chi connectivity index (χ4n) is 1.55. The quantitative estimate of drug-likeness (QED) is 0.862. The minimum absolute atomic E-state index is 0.340. The third kappa shape index (κ3) is 4.84. The van der Waals surface area contributed by atoms with E-state index in [1.165, 1.54) is 7.11 Å². The van der Waals surface area contributed by atoms with Crippen molar-refractivity contribution in [3.8, 4) is 0 Å². The van der Waals surface area contributed by atoms with Crippen LogP contribution in [0.1, 0.15) is 18.6 Å². The summed E-state index contributed by atoms with van der Waals surface area (Å²) < 4.78 is 67.6. The van der Waals surface area contributed by atoms with Gasteiger partial charge in [0.1, 0.15) is 0 Å². The van der Waals surface area contributed by atoms with Gasteiger partial charge in [0.2, 0.25) is 10.0 Å². The summed E-state index contributed by atoms with van der Waals surface area (Å²) in [4.78, 5) is 0. The Morgan fingerprint density at radius 3 is 2.38 bits per heavy atom. The van der Waals surface area contributed by atoms with Gasteiger partial charge in [0, 0.05) is 24.2 Å². The summed E-state index contributed by atoms with van der Waals surface area (Å²) in [5, 5.41) is -2.17. The first kappa shape index (κ1) is 18.2. The van der Waals surface area contributed by atoms with Crippen LogP contribution in [0.4, 0.5) is 13.2 Å². The van der Waals surface area contributed by atoms with Crippen molar-refractivity contribution in [2.75, 3.05) is 13.7 Å². The van der Waals surface area contributed by atoms with Crippen LogP contribution in [0.15, 0.2) is 24.3 Å². The van der Waals surface area contributed by atoms with E-state index in [0.29, 0.717) is 17.5 Å². The predicted octanol–water partition coefficient (Wildman–Crippen LogP) is 2.90. The molecule has 0 spiro atoms. The monoisotopic (exact) mass is 345 g/mol. The molecule has 4 nitrogen and oxygen atoms in total. The van der Waals surface area contributed by atoms with Crippen LogP contribution in [0.3, 0.4) is 0 Å². The molecule has 2 atom stereocenters. The lowest BCUT2D eigenvalue weighted by atomic mass is 10.1. The van der Waals surface area contributed by atoms with Gasteiger partial charge in [-0.1, -0.05) is 29.8 Å². The summed E-state index contributed by atoms with van der Waals surface area (Å²) in [5.41, 5.74) is 0.490. The van der Waals surface area contributed by atoms with Crippen molar-refractivity contribution >= 4 is 21.6 Å². The van der Waals surface area contributed by atoms with Crippen LogP contribution < -0.4 is 4.72 Å². The lowest BCUT2D eigenvalue weighted by molar-refractivity contribution is -0.127. The molecule has 0 heterocycles. The molecular weight excluding hydrogens is 331 g/mol. The van der Waals surface area contributed by atoms with Gasteiger partial charge in [0.25, 0.3) is 0 Å². The Kier molecular flexibility index (Phi) is 6.03. The van der Waals surface area contributed by atoms with Crippen LogP contribution >= 0.6 is 11.6 Å². The van der Waals surface area contributed by atoms with Crippen molar-refractivity contribution in [1.29, 1.82) is 0 Å². The van der Waals surface area contributed by atoms with E-state index in [1.807, 2.05) is 4.72 Å². The molecule has 0 bridgehead atoms. The molecule has 0 aliphatic carbocycles. The maximum Gasteiger partial charge on any atom is 0.406 e. The van der Waals surface area contributed by atoms with Crippen LogP contribution in [0.5, 0.6) is 0 Å². The Morgan fingerprint density at radius 2 is 1.90 bits per heavy atom. The summed E-state index contributed by atoms with van der Waals surface area (Å²) in [6.45, 7) is 0.239. The predicted molar refractivity (Wildman–Crippen MR) is 73.6 cm³/mol. The fourth-order valence-corrected chi connectivity index (χ4v) is 2.79. The highest BCUT2D eigenvalue weighted by molar-refractivity contribution is 7.90. The van der Waals surface area contributed by atoms with Crippen molar-refractivity contribution in [2.45, 2.75) is 24.5 Å². The molecule has 0 aliphatic rings. The molecule has 0 fully saturated rings. The number of sulfonamides is 1. The molecule has 9 heteroatoms. The Labute approximate surface area is 126 Å². The van der Waals surface area contributed by atoms with Gasteiger partial charge >= 0.3 is 6.18 Å². The van der Waals surface area contributed by atoms with Crippen molar-refractivity contribution in [1.82, 2.24) is 4.72 Å². The number of hydrogen-bond donors (Lipinski definition) is 1. The molecule has 0 aliphatic heterocycles. The van der Waals surface area contributed by atoms with E-state index in [4.69, 9.17) is 16.3 Å². The largest absolute Gasteiger partial charge is 0.406 e. The van der Waals surface area contributed by atoms with Gasteiger partial charge in [-0.05, 0) is 13.0 Å². The molecule has 1 N–H and O–H groups in total. The summed E-state index contributed by atoms with van der Waals surface area (Å²) in [6.07, 6.45) is -5.62. The molecule has 0 aromatic heterocycles. The molecule has 0 radical (unpaired) electrons. The first-order valence-electron chi connectivity index (χ1n) is 5.92. The van der Waals surface area contributed by atoms with Gasteiger partial charge in [0.05, 0.1) is 6.10 Å². The maximum absolute atomic E-state index is 12.5. The maximum atomic E-state index is 12.5. The summed E-state index contributed by atoms with van der Waals surface area (Å²) >= 11 is 5.95. The molecule has 1 rings (SSSR count). The topological polar surface area (TPSA) is 55.4 Å². The van der Waals surface area contributed by atoms with Gasteiger partial charge in [-0.3, -0.25) is 0 Å². The third-order valence-electron chi connectivity index (χ3n) is 2.93. The molecule has 1 aromatic carbocycles. The molecule has 2 unspecified atom stereocenters. The molecule has 0 amide bonds. The van der Waals surface area contributed by atoms with Crippen molar-refractivity contribution in [3.05, 3.63) is 34.9 Å². The molecule has 120 valence electrons. The summed E-state index contributed by atoms with van der Waals surface area (Å²) in [6, 6.07) is 6.53. The number of nitrogens with one attached hydrogen (secondary N) is 1. The minimum Gasteiger partial charge on any atom is -0.375 e. The van der Waals surface area contributed by atoms with E-state index in [0.717, 1.165) is 0 Å². The standard InChI is InChI=1S/C12H15ClF3NO3S/c1-8(12(14,15)16)21(18,19)17-7-11(20-2)9-5-3-4-6-10(9)13/h3-6,8,11,17H,7H2,1-2H3. The average molecular weight is 346 g/mol. The summed E-state index contributed by atoms with van der Waals surface area (Å²) in [7, 11) is -3.23. The zero-order valence-electron chi connectivity index (χ0n) is 11.3. The number of benzene rings is 1. The smallest absolute Gasteiger partial charge is 0.375 e. The third-order valence-corrected chi connectivity index (χ3v) is 5.04. The summed E-state index contributed by atoms with van der Waals surface area (Å²) in [5.74, 6) is 0. The molecular formula is C12H15ClF3NO3S. The number of rotatable bonds is 6.